The van der Waals surface area contributed by atoms with Gasteiger partial charge in [0.2, 0.25) is 0 Å². The van der Waals surface area contributed by atoms with E-state index in [1.165, 1.54) is 0 Å². The summed E-state index contributed by atoms with van der Waals surface area (Å²) in [5.41, 5.74) is 0.367. The minimum atomic E-state index is -0.995. The fourth-order valence-electron chi connectivity index (χ4n) is 3.70. The Balaban J connectivity index is 1.65. The highest BCUT2D eigenvalue weighted by molar-refractivity contribution is 5.96. The normalized spacial score (nSPS) is 22.0. The smallest absolute Gasteiger partial charge is 0.254 e. The monoisotopic (exact) mass is 339 g/mol. The first kappa shape index (κ1) is 17.3. The van der Waals surface area contributed by atoms with Gasteiger partial charge < -0.3 is 14.4 Å². The maximum atomic E-state index is 13.4. The van der Waals surface area contributed by atoms with Crippen molar-refractivity contribution in [1.29, 1.82) is 0 Å². The lowest BCUT2D eigenvalue weighted by molar-refractivity contribution is -0.120. The molecule has 0 saturated carbocycles. The second-order valence-corrected chi connectivity index (χ2v) is 6.63. The van der Waals surface area contributed by atoms with Crippen LogP contribution in [0, 0.1) is 24.5 Å². The van der Waals surface area contributed by atoms with Crippen LogP contribution in [-0.2, 0) is 9.47 Å². The number of carbonyl (C=O) groups excluding carboxylic acids is 1. The Kier molecular flexibility index (Phi) is 4.88. The van der Waals surface area contributed by atoms with Crippen LogP contribution in [0.4, 0.5) is 8.78 Å². The second-order valence-electron chi connectivity index (χ2n) is 6.63. The number of hydrogen-bond acceptors (Lipinski definition) is 3. The molecule has 1 spiro atoms. The van der Waals surface area contributed by atoms with E-state index < -0.39 is 11.6 Å². The van der Waals surface area contributed by atoms with Crippen molar-refractivity contribution < 1.29 is 23.0 Å². The molecule has 2 saturated heterocycles. The fourth-order valence-corrected chi connectivity index (χ4v) is 3.70. The molecule has 0 bridgehead atoms. The van der Waals surface area contributed by atoms with E-state index in [-0.39, 0.29) is 17.1 Å². The summed E-state index contributed by atoms with van der Waals surface area (Å²) in [4.78, 5) is 14.2. The van der Waals surface area contributed by atoms with Crippen molar-refractivity contribution in [2.24, 2.45) is 5.92 Å². The predicted octanol–water partition coefficient (Wildman–Crippen LogP) is 2.93. The number of ether oxygens (including phenoxy) is 2. The average Bonchev–Trinajstić information content (AvgIpc) is 2.93. The Morgan fingerprint density at radius 3 is 2.79 bits per heavy atom. The average molecular weight is 339 g/mol. The zero-order valence-corrected chi connectivity index (χ0v) is 14.1. The SMILES string of the molecule is CCOCCC1CCOC12CN(C(=O)c1cc(F)c(F)cc1C)C2. The first-order valence-electron chi connectivity index (χ1n) is 8.43. The maximum Gasteiger partial charge on any atom is 0.254 e. The van der Waals surface area contributed by atoms with Crippen molar-refractivity contribution in [2.45, 2.75) is 32.3 Å². The van der Waals surface area contributed by atoms with Crippen molar-refractivity contribution in [3.63, 3.8) is 0 Å². The molecular formula is C18H23F2NO3. The van der Waals surface area contributed by atoms with Crippen molar-refractivity contribution in [3.05, 3.63) is 34.9 Å². The highest BCUT2D eigenvalue weighted by Crippen LogP contribution is 2.42. The second kappa shape index (κ2) is 6.76. The van der Waals surface area contributed by atoms with Crippen LogP contribution in [0.5, 0.6) is 0 Å². The molecule has 1 aromatic carbocycles. The summed E-state index contributed by atoms with van der Waals surface area (Å²) >= 11 is 0. The summed E-state index contributed by atoms with van der Waals surface area (Å²) in [5, 5.41) is 0. The van der Waals surface area contributed by atoms with E-state index in [2.05, 4.69) is 0 Å². The van der Waals surface area contributed by atoms with E-state index in [0.717, 1.165) is 25.0 Å². The van der Waals surface area contributed by atoms with Crippen molar-refractivity contribution >= 4 is 5.91 Å². The molecule has 24 heavy (non-hydrogen) atoms. The lowest BCUT2D eigenvalue weighted by atomic mass is 9.78. The van der Waals surface area contributed by atoms with Gasteiger partial charge in [-0.15, -0.1) is 0 Å². The largest absolute Gasteiger partial charge is 0.382 e. The number of amides is 1. The summed E-state index contributed by atoms with van der Waals surface area (Å²) in [6.45, 7) is 6.67. The molecule has 1 amide bonds. The van der Waals surface area contributed by atoms with Crippen LogP contribution in [-0.4, -0.2) is 49.3 Å². The third-order valence-electron chi connectivity index (χ3n) is 5.12. The summed E-state index contributed by atoms with van der Waals surface area (Å²) in [6.07, 6.45) is 1.89. The number of halogens is 2. The van der Waals surface area contributed by atoms with Gasteiger partial charge in [-0.25, -0.2) is 8.78 Å². The van der Waals surface area contributed by atoms with Crippen molar-refractivity contribution in [3.8, 4) is 0 Å². The van der Waals surface area contributed by atoms with Crippen molar-refractivity contribution in [1.82, 2.24) is 4.90 Å². The fraction of sp³-hybridized carbons (Fsp3) is 0.611. The lowest BCUT2D eigenvalue weighted by Gasteiger charge is -2.50. The molecule has 2 heterocycles. The molecule has 132 valence electrons. The predicted molar refractivity (Wildman–Crippen MR) is 84.9 cm³/mol. The minimum absolute atomic E-state index is 0.215. The molecular weight excluding hydrogens is 316 g/mol. The molecule has 0 radical (unpaired) electrons. The van der Waals surface area contributed by atoms with Gasteiger partial charge in [-0.05, 0) is 50.3 Å². The molecule has 4 nitrogen and oxygen atoms in total. The van der Waals surface area contributed by atoms with E-state index in [4.69, 9.17) is 9.47 Å². The quantitative estimate of drug-likeness (QED) is 0.774. The lowest BCUT2D eigenvalue weighted by Crippen LogP contribution is -2.66. The highest BCUT2D eigenvalue weighted by atomic mass is 19.2. The third-order valence-corrected chi connectivity index (χ3v) is 5.12. The Labute approximate surface area is 140 Å². The first-order valence-corrected chi connectivity index (χ1v) is 8.43. The molecule has 3 rings (SSSR count). The molecule has 2 aliphatic heterocycles. The zero-order valence-electron chi connectivity index (χ0n) is 14.1. The summed E-state index contributed by atoms with van der Waals surface area (Å²) in [7, 11) is 0. The number of carbonyl (C=O) groups is 1. The van der Waals surface area contributed by atoms with E-state index in [1.807, 2.05) is 6.92 Å². The Morgan fingerprint density at radius 1 is 1.38 bits per heavy atom. The van der Waals surface area contributed by atoms with Gasteiger partial charge in [-0.1, -0.05) is 0 Å². The van der Waals surface area contributed by atoms with Gasteiger partial charge in [0.1, 0.15) is 5.60 Å². The van der Waals surface area contributed by atoms with E-state index in [0.29, 0.717) is 44.4 Å². The number of likely N-dealkylation sites (tertiary alicyclic amines) is 1. The van der Waals surface area contributed by atoms with Crippen LogP contribution in [0.3, 0.4) is 0 Å². The molecule has 1 atom stereocenters. The number of rotatable bonds is 5. The topological polar surface area (TPSA) is 38.8 Å². The molecule has 2 aliphatic rings. The summed E-state index contributed by atoms with van der Waals surface area (Å²) in [6, 6.07) is 2.05. The Hall–Kier alpha value is -1.53. The third kappa shape index (κ3) is 3.05. The van der Waals surface area contributed by atoms with E-state index >= 15 is 0 Å². The maximum absolute atomic E-state index is 13.4. The summed E-state index contributed by atoms with van der Waals surface area (Å²) < 4.78 is 38.0. The first-order chi connectivity index (χ1) is 11.5. The molecule has 0 aromatic heterocycles. The number of nitrogens with zero attached hydrogens (tertiary/aromatic N) is 1. The Bertz CT molecular complexity index is 629. The van der Waals surface area contributed by atoms with Crippen LogP contribution in [0.25, 0.3) is 0 Å². The van der Waals surface area contributed by atoms with Gasteiger partial charge >= 0.3 is 0 Å². The van der Waals surface area contributed by atoms with Crippen LogP contribution in [0.1, 0.15) is 35.7 Å². The number of aryl methyl sites for hydroxylation is 1. The highest BCUT2D eigenvalue weighted by Gasteiger charge is 2.54. The van der Waals surface area contributed by atoms with Gasteiger partial charge in [0.05, 0.1) is 13.1 Å². The van der Waals surface area contributed by atoms with Gasteiger partial charge in [-0.3, -0.25) is 4.79 Å². The Morgan fingerprint density at radius 2 is 2.08 bits per heavy atom. The molecule has 1 unspecified atom stereocenters. The van der Waals surface area contributed by atoms with Crippen LogP contribution < -0.4 is 0 Å². The van der Waals surface area contributed by atoms with Crippen LogP contribution in [0.2, 0.25) is 0 Å². The van der Waals surface area contributed by atoms with Gasteiger partial charge in [0, 0.05) is 25.4 Å². The molecule has 0 N–H and O–H groups in total. The van der Waals surface area contributed by atoms with Crippen molar-refractivity contribution in [2.75, 3.05) is 32.9 Å². The number of benzene rings is 1. The van der Waals surface area contributed by atoms with Gasteiger partial charge in [0.25, 0.3) is 5.91 Å². The number of hydrogen-bond donors (Lipinski definition) is 0. The van der Waals surface area contributed by atoms with Gasteiger partial charge in [-0.2, -0.15) is 0 Å². The van der Waals surface area contributed by atoms with E-state index in [9.17, 15) is 13.6 Å². The van der Waals surface area contributed by atoms with Crippen LogP contribution in [0.15, 0.2) is 12.1 Å². The van der Waals surface area contributed by atoms with Gasteiger partial charge in [0.15, 0.2) is 11.6 Å². The minimum Gasteiger partial charge on any atom is -0.382 e. The van der Waals surface area contributed by atoms with Crippen LogP contribution >= 0.6 is 0 Å². The molecule has 2 fully saturated rings. The molecule has 1 aromatic rings. The zero-order chi connectivity index (χ0) is 17.3. The molecule has 0 aliphatic carbocycles. The standard InChI is InChI=1S/C18H23F2NO3/c1-3-23-6-4-13-5-7-24-18(13)10-21(11-18)17(22)14-9-16(20)15(19)8-12(14)2/h8-9,13H,3-7,10-11H2,1-2H3. The summed E-state index contributed by atoms with van der Waals surface area (Å²) in [5.74, 6) is -1.82. The molecule has 6 heteroatoms. The van der Waals surface area contributed by atoms with E-state index in [1.54, 1.807) is 11.8 Å².